The van der Waals surface area contributed by atoms with E-state index in [1.807, 2.05) is 19.1 Å². The van der Waals surface area contributed by atoms with Gasteiger partial charge in [0.05, 0.1) is 16.5 Å². The number of aryl methyl sites for hydroxylation is 1. The fraction of sp³-hybridized carbons (Fsp3) is 0.0909. The maximum Gasteiger partial charge on any atom is 0.160 e. The average molecular weight is 201 g/mol. The second kappa shape index (κ2) is 3.24. The van der Waals surface area contributed by atoms with Gasteiger partial charge >= 0.3 is 0 Å². The number of hydrogen-bond acceptors (Lipinski definition) is 3. The second-order valence-electron chi connectivity index (χ2n) is 3.03. The number of hydrogen-bond donors (Lipinski definition) is 0. The van der Waals surface area contributed by atoms with Gasteiger partial charge in [-0.15, -0.1) is 11.3 Å². The molecule has 3 heteroatoms. The summed E-state index contributed by atoms with van der Waals surface area (Å²) in [5, 5.41) is 9.86. The molecule has 0 atom stereocenters. The minimum Gasteiger partial charge on any atom is -0.297 e. The van der Waals surface area contributed by atoms with Gasteiger partial charge in [0.25, 0.3) is 0 Å². The first-order chi connectivity index (χ1) is 6.76. The van der Waals surface area contributed by atoms with Crippen molar-refractivity contribution in [1.82, 2.24) is 0 Å². The third kappa shape index (κ3) is 1.21. The molecule has 0 aliphatic rings. The summed E-state index contributed by atoms with van der Waals surface area (Å²) in [6, 6.07) is 7.65. The zero-order chi connectivity index (χ0) is 10.1. The van der Waals surface area contributed by atoms with Crippen LogP contribution in [-0.4, -0.2) is 6.29 Å². The summed E-state index contributed by atoms with van der Waals surface area (Å²) < 4.78 is 1.03. The molecule has 0 aliphatic heterocycles. The highest BCUT2D eigenvalue weighted by Crippen LogP contribution is 2.29. The van der Waals surface area contributed by atoms with Gasteiger partial charge < -0.3 is 0 Å². The van der Waals surface area contributed by atoms with E-state index in [9.17, 15) is 4.79 Å². The molecule has 0 aliphatic carbocycles. The molecule has 2 aromatic rings. The lowest BCUT2D eigenvalue weighted by Crippen LogP contribution is -1.80. The minimum atomic E-state index is 0.678. The summed E-state index contributed by atoms with van der Waals surface area (Å²) in [7, 11) is 0. The van der Waals surface area contributed by atoms with Gasteiger partial charge in [0.1, 0.15) is 0 Å². The van der Waals surface area contributed by atoms with Crippen LogP contribution < -0.4 is 0 Å². The van der Waals surface area contributed by atoms with Gasteiger partial charge in [-0.3, -0.25) is 4.79 Å². The minimum absolute atomic E-state index is 0.678. The number of aldehydes is 1. The van der Waals surface area contributed by atoms with E-state index in [1.54, 1.807) is 6.07 Å². The Hall–Kier alpha value is -1.66. The van der Waals surface area contributed by atoms with Crippen molar-refractivity contribution in [1.29, 1.82) is 5.26 Å². The first kappa shape index (κ1) is 8.92. The number of benzene rings is 1. The summed E-state index contributed by atoms with van der Waals surface area (Å²) in [4.78, 5) is 11.3. The Morgan fingerprint density at radius 1 is 1.50 bits per heavy atom. The van der Waals surface area contributed by atoms with E-state index >= 15 is 0 Å². The molecule has 1 heterocycles. The van der Waals surface area contributed by atoms with E-state index in [0.29, 0.717) is 10.4 Å². The van der Waals surface area contributed by atoms with E-state index in [4.69, 9.17) is 5.26 Å². The molecule has 0 saturated carbocycles. The average Bonchev–Trinajstić information content (AvgIpc) is 2.62. The van der Waals surface area contributed by atoms with Crippen LogP contribution in [-0.2, 0) is 0 Å². The molecule has 2 rings (SSSR count). The molecule has 0 fully saturated rings. The normalized spacial score (nSPS) is 10.0. The van der Waals surface area contributed by atoms with Gasteiger partial charge in [-0.2, -0.15) is 5.26 Å². The highest BCUT2D eigenvalue weighted by molar-refractivity contribution is 7.20. The molecular weight excluding hydrogens is 194 g/mol. The van der Waals surface area contributed by atoms with Gasteiger partial charge in [0.2, 0.25) is 0 Å². The zero-order valence-corrected chi connectivity index (χ0v) is 8.39. The van der Waals surface area contributed by atoms with Crippen molar-refractivity contribution in [2.24, 2.45) is 0 Å². The maximum absolute atomic E-state index is 10.6. The smallest absolute Gasteiger partial charge is 0.160 e. The Morgan fingerprint density at radius 3 is 2.93 bits per heavy atom. The molecule has 0 amide bonds. The Bertz CT molecular complexity index is 548. The summed E-state index contributed by atoms with van der Waals surface area (Å²) in [6.45, 7) is 1.91. The van der Waals surface area contributed by atoms with E-state index < -0.39 is 0 Å². The van der Waals surface area contributed by atoms with E-state index in [2.05, 4.69) is 6.07 Å². The maximum atomic E-state index is 10.6. The third-order valence-electron chi connectivity index (χ3n) is 2.19. The Morgan fingerprint density at radius 2 is 2.29 bits per heavy atom. The SMILES string of the molecule is Cc1c(C#N)ccc2cc(C=O)sc12. The predicted molar refractivity (Wildman–Crippen MR) is 56.7 cm³/mol. The largest absolute Gasteiger partial charge is 0.297 e. The van der Waals surface area contributed by atoms with Gasteiger partial charge in [0, 0.05) is 4.70 Å². The molecule has 0 bridgehead atoms. The predicted octanol–water partition coefficient (Wildman–Crippen LogP) is 2.89. The monoisotopic (exact) mass is 201 g/mol. The number of thiophene rings is 1. The van der Waals surface area contributed by atoms with Crippen molar-refractivity contribution in [2.45, 2.75) is 6.92 Å². The lowest BCUT2D eigenvalue weighted by atomic mass is 10.1. The van der Waals surface area contributed by atoms with Crippen LogP contribution >= 0.6 is 11.3 Å². The van der Waals surface area contributed by atoms with E-state index in [-0.39, 0.29) is 0 Å². The topological polar surface area (TPSA) is 40.9 Å². The summed E-state index contributed by atoms with van der Waals surface area (Å²) in [5.41, 5.74) is 1.64. The first-order valence-electron chi connectivity index (χ1n) is 4.14. The van der Waals surface area contributed by atoms with Crippen LogP contribution in [0.3, 0.4) is 0 Å². The Kier molecular flexibility index (Phi) is 2.06. The third-order valence-corrected chi connectivity index (χ3v) is 3.39. The quantitative estimate of drug-likeness (QED) is 0.665. The lowest BCUT2D eigenvalue weighted by Gasteiger charge is -1.96. The number of fused-ring (bicyclic) bond motifs is 1. The first-order valence-corrected chi connectivity index (χ1v) is 4.96. The zero-order valence-electron chi connectivity index (χ0n) is 7.57. The van der Waals surface area contributed by atoms with Crippen molar-refractivity contribution < 1.29 is 4.79 Å². The van der Waals surface area contributed by atoms with Gasteiger partial charge in [0.15, 0.2) is 6.29 Å². The van der Waals surface area contributed by atoms with Crippen molar-refractivity contribution in [3.05, 3.63) is 34.2 Å². The fourth-order valence-electron chi connectivity index (χ4n) is 1.44. The Labute approximate surface area is 85.4 Å². The van der Waals surface area contributed by atoms with Crippen molar-refractivity contribution in [3.8, 4) is 6.07 Å². The summed E-state index contributed by atoms with van der Waals surface area (Å²) in [6.07, 6.45) is 0.843. The molecule has 1 aromatic heterocycles. The molecule has 0 spiro atoms. The van der Waals surface area contributed by atoms with Crippen LogP contribution in [0, 0.1) is 18.3 Å². The number of rotatable bonds is 1. The standard InChI is InChI=1S/C11H7NOS/c1-7-9(5-12)3-2-8-4-10(6-13)14-11(7)8/h2-4,6H,1H3. The fourth-order valence-corrected chi connectivity index (χ4v) is 2.42. The molecular formula is C11H7NOS. The molecule has 1 aromatic carbocycles. The second-order valence-corrected chi connectivity index (χ2v) is 4.12. The molecule has 0 radical (unpaired) electrons. The Balaban J connectivity index is 2.83. The van der Waals surface area contributed by atoms with Crippen LogP contribution in [0.15, 0.2) is 18.2 Å². The molecule has 68 valence electrons. The van der Waals surface area contributed by atoms with Crippen molar-refractivity contribution in [3.63, 3.8) is 0 Å². The highest BCUT2D eigenvalue weighted by Gasteiger charge is 2.06. The van der Waals surface area contributed by atoms with Crippen LogP contribution in [0.25, 0.3) is 10.1 Å². The summed E-state index contributed by atoms with van der Waals surface area (Å²) in [5.74, 6) is 0. The molecule has 2 nitrogen and oxygen atoms in total. The highest BCUT2D eigenvalue weighted by atomic mass is 32.1. The number of nitriles is 1. The number of carbonyl (C=O) groups excluding carboxylic acids is 1. The van der Waals surface area contributed by atoms with Crippen LogP contribution in [0.2, 0.25) is 0 Å². The van der Waals surface area contributed by atoms with Crippen molar-refractivity contribution >= 4 is 27.7 Å². The molecule has 0 saturated heterocycles. The van der Waals surface area contributed by atoms with Crippen LogP contribution in [0.4, 0.5) is 0 Å². The number of nitrogens with zero attached hydrogens (tertiary/aromatic N) is 1. The van der Waals surface area contributed by atoms with Gasteiger partial charge in [-0.1, -0.05) is 6.07 Å². The summed E-state index contributed by atoms with van der Waals surface area (Å²) >= 11 is 1.43. The van der Waals surface area contributed by atoms with Gasteiger partial charge in [-0.25, -0.2) is 0 Å². The van der Waals surface area contributed by atoms with Crippen LogP contribution in [0.5, 0.6) is 0 Å². The van der Waals surface area contributed by atoms with E-state index in [1.165, 1.54) is 11.3 Å². The van der Waals surface area contributed by atoms with Crippen molar-refractivity contribution in [2.75, 3.05) is 0 Å². The van der Waals surface area contributed by atoms with Gasteiger partial charge in [-0.05, 0) is 30.0 Å². The van der Waals surface area contributed by atoms with Crippen LogP contribution in [0.1, 0.15) is 20.8 Å². The molecule has 0 unspecified atom stereocenters. The number of carbonyl (C=O) groups is 1. The molecule has 14 heavy (non-hydrogen) atoms. The van der Waals surface area contributed by atoms with E-state index in [0.717, 1.165) is 21.9 Å². The lowest BCUT2D eigenvalue weighted by molar-refractivity contribution is 0.112. The molecule has 0 N–H and O–H groups in total.